The first-order valence-electron chi connectivity index (χ1n) is 4.04. The Labute approximate surface area is 82.9 Å². The number of thioether (sulfide) groups is 1. The first kappa shape index (κ1) is 12.7. The molecule has 78 valence electrons. The maximum Gasteiger partial charge on any atom is 0.327 e. The standard InChI is InChI=1S/C7H17N3O2S/c1-10(2)4-6-13-5-3-7(11)12-9-8/h9H,3-6,8H2,1-2H3. The Morgan fingerprint density at radius 2 is 2.23 bits per heavy atom. The summed E-state index contributed by atoms with van der Waals surface area (Å²) in [7, 11) is 4.04. The third-order valence-electron chi connectivity index (χ3n) is 1.31. The van der Waals surface area contributed by atoms with Crippen molar-refractivity contribution in [1.29, 1.82) is 0 Å². The minimum Gasteiger partial charge on any atom is -0.356 e. The Balaban J connectivity index is 3.11. The number of nitrogens with two attached hydrogens (primary N) is 1. The molecule has 0 unspecified atom stereocenters. The normalized spacial score (nSPS) is 10.5. The third kappa shape index (κ3) is 9.62. The van der Waals surface area contributed by atoms with Gasteiger partial charge in [-0.15, -0.1) is 0 Å². The van der Waals surface area contributed by atoms with E-state index in [0.29, 0.717) is 6.42 Å². The average molecular weight is 207 g/mol. The molecule has 0 aromatic heterocycles. The first-order valence-corrected chi connectivity index (χ1v) is 5.20. The minimum atomic E-state index is -0.320. The van der Waals surface area contributed by atoms with Gasteiger partial charge in [-0.05, 0) is 14.1 Å². The van der Waals surface area contributed by atoms with Crippen molar-refractivity contribution in [3.05, 3.63) is 0 Å². The second kappa shape index (κ2) is 8.31. The zero-order valence-electron chi connectivity index (χ0n) is 8.08. The molecule has 0 saturated carbocycles. The van der Waals surface area contributed by atoms with Gasteiger partial charge in [-0.2, -0.15) is 11.8 Å². The molecule has 0 aromatic carbocycles. The fourth-order valence-electron chi connectivity index (χ4n) is 0.621. The number of carbonyl (C=O) groups excluding carboxylic acids is 1. The smallest absolute Gasteiger partial charge is 0.327 e. The van der Waals surface area contributed by atoms with Crippen LogP contribution < -0.4 is 11.4 Å². The minimum absolute atomic E-state index is 0.320. The molecule has 0 aliphatic carbocycles. The van der Waals surface area contributed by atoms with Crippen molar-refractivity contribution < 1.29 is 9.63 Å². The van der Waals surface area contributed by atoms with Gasteiger partial charge in [-0.1, -0.05) is 5.59 Å². The van der Waals surface area contributed by atoms with Crippen LogP contribution in [-0.4, -0.2) is 43.0 Å². The Kier molecular flexibility index (Phi) is 8.11. The summed E-state index contributed by atoms with van der Waals surface area (Å²) in [6, 6.07) is 0. The van der Waals surface area contributed by atoms with Crippen LogP contribution in [0, 0.1) is 0 Å². The molecule has 0 saturated heterocycles. The number of hydrogen-bond donors (Lipinski definition) is 2. The third-order valence-corrected chi connectivity index (χ3v) is 2.27. The Morgan fingerprint density at radius 1 is 1.54 bits per heavy atom. The molecule has 0 atom stereocenters. The second-order valence-electron chi connectivity index (χ2n) is 2.76. The summed E-state index contributed by atoms with van der Waals surface area (Å²) in [5.74, 6) is 6.27. The van der Waals surface area contributed by atoms with Crippen molar-refractivity contribution in [1.82, 2.24) is 10.5 Å². The van der Waals surface area contributed by atoms with Gasteiger partial charge in [0.05, 0.1) is 6.42 Å². The monoisotopic (exact) mass is 207 g/mol. The molecule has 13 heavy (non-hydrogen) atoms. The summed E-state index contributed by atoms with van der Waals surface area (Å²) >= 11 is 1.72. The van der Waals surface area contributed by atoms with E-state index in [0.717, 1.165) is 18.1 Å². The molecule has 0 aliphatic heterocycles. The number of carbonyl (C=O) groups is 1. The van der Waals surface area contributed by atoms with E-state index in [2.05, 4.69) is 9.74 Å². The zero-order valence-corrected chi connectivity index (χ0v) is 8.89. The van der Waals surface area contributed by atoms with Crippen molar-refractivity contribution in [2.75, 3.05) is 32.1 Å². The van der Waals surface area contributed by atoms with E-state index >= 15 is 0 Å². The maximum atomic E-state index is 10.8. The van der Waals surface area contributed by atoms with Crippen LogP contribution in [0.15, 0.2) is 0 Å². The lowest BCUT2D eigenvalue weighted by atomic mass is 10.5. The van der Waals surface area contributed by atoms with Crippen LogP contribution in [0.5, 0.6) is 0 Å². The lowest BCUT2D eigenvalue weighted by molar-refractivity contribution is -0.150. The quantitative estimate of drug-likeness (QED) is 0.336. The van der Waals surface area contributed by atoms with Gasteiger partial charge in [-0.3, -0.25) is 4.79 Å². The van der Waals surface area contributed by atoms with Gasteiger partial charge >= 0.3 is 5.97 Å². The summed E-state index contributed by atoms with van der Waals surface area (Å²) in [4.78, 5) is 17.2. The van der Waals surface area contributed by atoms with E-state index in [1.165, 1.54) is 0 Å². The highest BCUT2D eigenvalue weighted by Crippen LogP contribution is 2.02. The lowest BCUT2D eigenvalue weighted by Crippen LogP contribution is -2.26. The molecule has 0 rings (SSSR count). The molecule has 0 aliphatic rings. The van der Waals surface area contributed by atoms with Gasteiger partial charge in [0, 0.05) is 18.1 Å². The van der Waals surface area contributed by atoms with Gasteiger partial charge in [-0.25, -0.2) is 5.84 Å². The lowest BCUT2D eigenvalue weighted by Gasteiger charge is -2.08. The summed E-state index contributed by atoms with van der Waals surface area (Å²) in [6.45, 7) is 1.02. The zero-order chi connectivity index (χ0) is 10.1. The second-order valence-corrected chi connectivity index (χ2v) is 3.98. The number of hydrogen-bond acceptors (Lipinski definition) is 6. The molecule has 5 nitrogen and oxygen atoms in total. The number of nitrogens with zero attached hydrogens (tertiary/aromatic N) is 1. The van der Waals surface area contributed by atoms with Gasteiger partial charge in [0.1, 0.15) is 0 Å². The first-order chi connectivity index (χ1) is 6.16. The summed E-state index contributed by atoms with van der Waals surface area (Å²) in [5, 5.41) is 0. The van der Waals surface area contributed by atoms with Crippen molar-refractivity contribution >= 4 is 17.7 Å². The Morgan fingerprint density at radius 3 is 2.77 bits per heavy atom. The Hall–Kier alpha value is -0.300. The predicted octanol–water partition coefficient (Wildman–Crippen LogP) is -0.407. The van der Waals surface area contributed by atoms with Crippen LogP contribution in [-0.2, 0) is 9.63 Å². The van der Waals surface area contributed by atoms with Crippen molar-refractivity contribution in [2.24, 2.45) is 5.84 Å². The van der Waals surface area contributed by atoms with Crippen molar-refractivity contribution in [3.8, 4) is 0 Å². The summed E-state index contributed by atoms with van der Waals surface area (Å²) < 4.78 is 0. The van der Waals surface area contributed by atoms with Crippen LogP contribution in [0.25, 0.3) is 0 Å². The molecular formula is C7H17N3O2S. The SMILES string of the molecule is CN(C)CCSCCC(=O)ONN. The Bertz CT molecular complexity index is 144. The molecule has 0 amide bonds. The topological polar surface area (TPSA) is 67.6 Å². The molecule has 0 heterocycles. The molecule has 0 spiro atoms. The highest BCUT2D eigenvalue weighted by atomic mass is 32.2. The molecule has 6 heteroatoms. The molecule has 0 aromatic rings. The van der Waals surface area contributed by atoms with Crippen LogP contribution in [0.1, 0.15) is 6.42 Å². The van der Waals surface area contributed by atoms with Crippen LogP contribution in [0.3, 0.4) is 0 Å². The fraction of sp³-hybridized carbons (Fsp3) is 0.857. The molecule has 3 N–H and O–H groups in total. The van der Waals surface area contributed by atoms with Gasteiger partial charge < -0.3 is 9.74 Å². The maximum absolute atomic E-state index is 10.8. The van der Waals surface area contributed by atoms with E-state index < -0.39 is 0 Å². The van der Waals surface area contributed by atoms with Crippen LogP contribution in [0.4, 0.5) is 0 Å². The van der Waals surface area contributed by atoms with E-state index in [4.69, 9.17) is 5.84 Å². The highest BCUT2D eigenvalue weighted by molar-refractivity contribution is 7.99. The number of hydrazine groups is 1. The molecule has 0 fully saturated rings. The fourth-order valence-corrected chi connectivity index (χ4v) is 1.63. The molecule has 0 radical (unpaired) electrons. The number of rotatable bonds is 7. The van der Waals surface area contributed by atoms with E-state index in [1.54, 1.807) is 11.8 Å². The van der Waals surface area contributed by atoms with Crippen LogP contribution in [0.2, 0.25) is 0 Å². The van der Waals surface area contributed by atoms with E-state index in [-0.39, 0.29) is 5.97 Å². The van der Waals surface area contributed by atoms with Crippen molar-refractivity contribution in [3.63, 3.8) is 0 Å². The van der Waals surface area contributed by atoms with E-state index in [9.17, 15) is 4.79 Å². The van der Waals surface area contributed by atoms with Gasteiger partial charge in [0.25, 0.3) is 0 Å². The van der Waals surface area contributed by atoms with Crippen molar-refractivity contribution in [2.45, 2.75) is 6.42 Å². The largest absolute Gasteiger partial charge is 0.356 e. The highest BCUT2D eigenvalue weighted by Gasteiger charge is 2.01. The molecular weight excluding hydrogens is 190 g/mol. The van der Waals surface area contributed by atoms with Gasteiger partial charge in [0.2, 0.25) is 0 Å². The average Bonchev–Trinajstić information content (AvgIpc) is 2.03. The van der Waals surface area contributed by atoms with E-state index in [1.807, 2.05) is 19.7 Å². The molecule has 0 bridgehead atoms. The predicted molar refractivity (Wildman–Crippen MR) is 53.9 cm³/mol. The number of nitrogens with one attached hydrogen (secondary N) is 1. The summed E-state index contributed by atoms with van der Waals surface area (Å²) in [5.41, 5.74) is 1.86. The van der Waals surface area contributed by atoms with Crippen LogP contribution >= 0.6 is 11.8 Å². The summed E-state index contributed by atoms with van der Waals surface area (Å²) in [6.07, 6.45) is 0.391. The van der Waals surface area contributed by atoms with Gasteiger partial charge in [0.15, 0.2) is 0 Å².